The van der Waals surface area contributed by atoms with Crippen molar-refractivity contribution in [2.75, 3.05) is 26.1 Å². The van der Waals surface area contributed by atoms with Crippen LogP contribution in [0.2, 0.25) is 10.0 Å². The molecule has 2 aromatic rings. The quantitative estimate of drug-likeness (QED) is 0.739. The molecular formula is C17H17Cl2NO4S. The maximum Gasteiger partial charge on any atom is 0.231 e. The first-order valence-electron chi connectivity index (χ1n) is 7.60. The summed E-state index contributed by atoms with van der Waals surface area (Å²) in [7, 11) is -1.65. The van der Waals surface area contributed by atoms with E-state index in [0.29, 0.717) is 23.9 Å². The summed E-state index contributed by atoms with van der Waals surface area (Å²) in [6.45, 7) is 1.18. The lowest BCUT2D eigenvalue weighted by Crippen LogP contribution is -2.25. The fourth-order valence-electron chi connectivity index (χ4n) is 2.53. The highest BCUT2D eigenvalue weighted by molar-refractivity contribution is 7.91. The highest BCUT2D eigenvalue weighted by Crippen LogP contribution is 2.32. The van der Waals surface area contributed by atoms with Gasteiger partial charge in [-0.2, -0.15) is 0 Å². The van der Waals surface area contributed by atoms with Gasteiger partial charge in [-0.05, 0) is 42.9 Å². The van der Waals surface area contributed by atoms with E-state index in [-0.39, 0.29) is 22.5 Å². The number of ether oxygens (including phenoxy) is 2. The Balaban J connectivity index is 1.63. The topological polar surface area (TPSA) is 55.8 Å². The molecule has 1 heterocycles. The Hall–Kier alpha value is -1.47. The van der Waals surface area contributed by atoms with Crippen molar-refractivity contribution in [3.8, 4) is 11.5 Å². The van der Waals surface area contributed by atoms with Gasteiger partial charge in [-0.15, -0.1) is 0 Å². The van der Waals surface area contributed by atoms with Crippen LogP contribution in [0.25, 0.3) is 0 Å². The Morgan fingerprint density at radius 1 is 1.08 bits per heavy atom. The van der Waals surface area contributed by atoms with Crippen LogP contribution < -0.4 is 9.47 Å². The molecule has 0 atom stereocenters. The van der Waals surface area contributed by atoms with Gasteiger partial charge < -0.3 is 14.4 Å². The second kappa shape index (κ2) is 7.41. The molecule has 0 bridgehead atoms. The van der Waals surface area contributed by atoms with Crippen LogP contribution >= 0.6 is 23.2 Å². The number of benzene rings is 2. The minimum atomic E-state index is -3.51. The normalized spacial score (nSPS) is 13.4. The van der Waals surface area contributed by atoms with Crippen molar-refractivity contribution in [2.24, 2.45) is 0 Å². The Labute approximate surface area is 157 Å². The van der Waals surface area contributed by atoms with E-state index < -0.39 is 9.84 Å². The second-order valence-electron chi connectivity index (χ2n) is 5.82. The van der Waals surface area contributed by atoms with Crippen molar-refractivity contribution in [1.29, 1.82) is 0 Å². The number of hydrogen-bond donors (Lipinski definition) is 0. The van der Waals surface area contributed by atoms with Gasteiger partial charge in [0.15, 0.2) is 21.3 Å². The molecule has 0 spiro atoms. The number of halogens is 2. The van der Waals surface area contributed by atoms with Crippen LogP contribution in [0.15, 0.2) is 41.3 Å². The molecule has 0 saturated carbocycles. The average Bonchev–Trinajstić information content (AvgIpc) is 3.03. The minimum Gasteiger partial charge on any atom is -0.454 e. The zero-order valence-corrected chi connectivity index (χ0v) is 15.9. The van der Waals surface area contributed by atoms with Crippen molar-refractivity contribution in [2.45, 2.75) is 11.4 Å². The molecule has 1 aliphatic rings. The fraction of sp³-hybridized carbons (Fsp3) is 0.294. The van der Waals surface area contributed by atoms with Gasteiger partial charge >= 0.3 is 0 Å². The molecule has 0 fully saturated rings. The van der Waals surface area contributed by atoms with Crippen LogP contribution in [0, 0.1) is 0 Å². The van der Waals surface area contributed by atoms with E-state index in [1.807, 2.05) is 30.1 Å². The van der Waals surface area contributed by atoms with Crippen molar-refractivity contribution < 1.29 is 17.9 Å². The van der Waals surface area contributed by atoms with Crippen LogP contribution in [0.1, 0.15) is 5.56 Å². The van der Waals surface area contributed by atoms with Crippen molar-refractivity contribution in [3.05, 3.63) is 52.0 Å². The summed E-state index contributed by atoms with van der Waals surface area (Å²) in [5, 5.41) is 0.527. The Morgan fingerprint density at radius 2 is 1.84 bits per heavy atom. The van der Waals surface area contributed by atoms with Crippen LogP contribution in [-0.4, -0.2) is 39.5 Å². The number of hydrogen-bond acceptors (Lipinski definition) is 5. The third kappa shape index (κ3) is 4.39. The van der Waals surface area contributed by atoms with E-state index in [2.05, 4.69) is 0 Å². The summed E-state index contributed by atoms with van der Waals surface area (Å²) in [5.74, 6) is 1.39. The molecule has 2 aromatic carbocycles. The average molecular weight is 402 g/mol. The minimum absolute atomic E-state index is 0.0475. The lowest BCUT2D eigenvalue weighted by Gasteiger charge is -2.17. The molecule has 5 nitrogen and oxygen atoms in total. The molecule has 8 heteroatoms. The second-order valence-corrected chi connectivity index (χ2v) is 8.74. The van der Waals surface area contributed by atoms with Crippen LogP contribution in [-0.2, 0) is 16.4 Å². The summed E-state index contributed by atoms with van der Waals surface area (Å²) >= 11 is 11.9. The van der Waals surface area contributed by atoms with Crippen molar-refractivity contribution in [3.63, 3.8) is 0 Å². The van der Waals surface area contributed by atoms with Gasteiger partial charge in [-0.3, -0.25) is 0 Å². The third-order valence-electron chi connectivity index (χ3n) is 3.86. The van der Waals surface area contributed by atoms with Gasteiger partial charge in [0.2, 0.25) is 6.79 Å². The van der Waals surface area contributed by atoms with Gasteiger partial charge in [0.05, 0.1) is 15.7 Å². The fourth-order valence-corrected chi connectivity index (χ4v) is 4.68. The van der Waals surface area contributed by atoms with Crippen molar-refractivity contribution >= 4 is 33.0 Å². The van der Waals surface area contributed by atoms with Gasteiger partial charge in [0.25, 0.3) is 0 Å². The first-order chi connectivity index (χ1) is 11.8. The maximum absolute atomic E-state index is 12.5. The first kappa shape index (κ1) is 18.3. The van der Waals surface area contributed by atoms with E-state index in [1.54, 1.807) is 6.07 Å². The SMILES string of the molecule is CN(CCS(=O)(=O)c1cc(Cl)ccc1Cl)Cc1ccc2c(c1)OCO2. The third-order valence-corrected chi connectivity index (χ3v) is 6.26. The number of rotatable bonds is 6. The summed E-state index contributed by atoms with van der Waals surface area (Å²) in [4.78, 5) is 1.99. The molecule has 0 radical (unpaired) electrons. The number of sulfone groups is 1. The molecule has 0 aliphatic carbocycles. The largest absolute Gasteiger partial charge is 0.454 e. The van der Waals surface area contributed by atoms with Crippen molar-refractivity contribution in [1.82, 2.24) is 4.90 Å². The zero-order valence-electron chi connectivity index (χ0n) is 13.5. The summed E-state index contributed by atoms with van der Waals surface area (Å²) in [6.07, 6.45) is 0. The molecule has 0 saturated heterocycles. The Kier molecular flexibility index (Phi) is 5.43. The molecular weight excluding hydrogens is 385 g/mol. The van der Waals surface area contributed by atoms with Crippen LogP contribution in [0.3, 0.4) is 0 Å². The highest BCUT2D eigenvalue weighted by Gasteiger charge is 2.20. The predicted molar refractivity (Wildman–Crippen MR) is 97.4 cm³/mol. The van der Waals surface area contributed by atoms with E-state index >= 15 is 0 Å². The number of nitrogens with zero attached hydrogens (tertiary/aromatic N) is 1. The van der Waals surface area contributed by atoms with Gasteiger partial charge in [-0.1, -0.05) is 29.3 Å². The standard InChI is InChI=1S/C17H17Cl2NO4S/c1-20(10-12-2-5-15-16(8-12)24-11-23-15)6-7-25(21,22)17-9-13(18)3-4-14(17)19/h2-5,8-9H,6-7,10-11H2,1H3. The molecule has 0 N–H and O–H groups in total. The lowest BCUT2D eigenvalue weighted by atomic mass is 10.2. The molecule has 1 aliphatic heterocycles. The Bertz CT molecular complexity index is 886. The lowest BCUT2D eigenvalue weighted by molar-refractivity contribution is 0.174. The van der Waals surface area contributed by atoms with Crippen LogP contribution in [0.4, 0.5) is 0 Å². The molecule has 0 aromatic heterocycles. The van der Waals surface area contributed by atoms with Gasteiger partial charge in [0, 0.05) is 18.1 Å². The Morgan fingerprint density at radius 3 is 2.64 bits per heavy atom. The van der Waals surface area contributed by atoms with E-state index in [0.717, 1.165) is 11.3 Å². The zero-order chi connectivity index (χ0) is 18.0. The smallest absolute Gasteiger partial charge is 0.231 e. The van der Waals surface area contributed by atoms with Gasteiger partial charge in [-0.25, -0.2) is 8.42 Å². The van der Waals surface area contributed by atoms with Gasteiger partial charge in [0.1, 0.15) is 0 Å². The predicted octanol–water partition coefficient (Wildman–Crippen LogP) is 3.63. The molecule has 0 amide bonds. The van der Waals surface area contributed by atoms with E-state index in [1.165, 1.54) is 12.1 Å². The number of fused-ring (bicyclic) bond motifs is 1. The summed E-state index contributed by atoms with van der Waals surface area (Å²) < 4.78 is 35.7. The molecule has 0 unspecified atom stereocenters. The summed E-state index contributed by atoms with van der Waals surface area (Å²) in [6, 6.07) is 10.1. The van der Waals surface area contributed by atoms with Crippen LogP contribution in [0.5, 0.6) is 11.5 Å². The molecule has 3 rings (SSSR count). The highest BCUT2D eigenvalue weighted by atomic mass is 35.5. The van der Waals surface area contributed by atoms with E-state index in [9.17, 15) is 8.42 Å². The van der Waals surface area contributed by atoms with E-state index in [4.69, 9.17) is 32.7 Å². The molecule has 134 valence electrons. The maximum atomic E-state index is 12.5. The monoisotopic (exact) mass is 401 g/mol. The summed E-state index contributed by atoms with van der Waals surface area (Å²) in [5.41, 5.74) is 1.02. The first-order valence-corrected chi connectivity index (χ1v) is 10.0. The molecule has 25 heavy (non-hydrogen) atoms.